The van der Waals surface area contributed by atoms with Gasteiger partial charge in [-0.1, -0.05) is 32.4 Å². The highest BCUT2D eigenvalue weighted by Crippen LogP contribution is 2.60. The van der Waals surface area contributed by atoms with Crippen molar-refractivity contribution in [2.75, 3.05) is 0 Å². The molecule has 2 bridgehead atoms. The van der Waals surface area contributed by atoms with Crippen molar-refractivity contribution in [3.63, 3.8) is 0 Å². The molecule has 1 spiro atoms. The van der Waals surface area contributed by atoms with Gasteiger partial charge in [0.2, 0.25) is 0 Å². The van der Waals surface area contributed by atoms with Gasteiger partial charge >= 0.3 is 0 Å². The Bertz CT molecular complexity index is 330. The van der Waals surface area contributed by atoms with E-state index in [9.17, 15) is 0 Å². The largest absolute Gasteiger partial charge is 0.371 e. The van der Waals surface area contributed by atoms with Gasteiger partial charge in [0.1, 0.15) is 0 Å². The molecule has 2 aliphatic heterocycles. The molecular weight excluding hydrogens is 196 g/mol. The number of ether oxygens (including phenoxy) is 1. The van der Waals surface area contributed by atoms with Gasteiger partial charge in [-0.05, 0) is 43.9 Å². The van der Waals surface area contributed by atoms with E-state index in [2.05, 4.69) is 33.8 Å². The Kier molecular flexibility index (Phi) is 2.27. The van der Waals surface area contributed by atoms with Gasteiger partial charge in [0.05, 0.1) is 11.7 Å². The Morgan fingerprint density at radius 2 is 2.19 bits per heavy atom. The van der Waals surface area contributed by atoms with Gasteiger partial charge in [0.15, 0.2) is 0 Å². The first-order valence-corrected chi connectivity index (χ1v) is 6.89. The molecule has 5 atom stereocenters. The Balaban J connectivity index is 2.01. The second kappa shape index (κ2) is 3.35. The number of fused-ring (bicyclic) bond motifs is 1. The van der Waals surface area contributed by atoms with Crippen LogP contribution in [0.2, 0.25) is 0 Å². The fourth-order valence-corrected chi connectivity index (χ4v) is 4.54. The molecule has 90 valence electrons. The first kappa shape index (κ1) is 10.8. The van der Waals surface area contributed by atoms with E-state index in [0.717, 1.165) is 17.8 Å². The lowest BCUT2D eigenvalue weighted by molar-refractivity contribution is -0.0309. The summed E-state index contributed by atoms with van der Waals surface area (Å²) in [5, 5.41) is 0. The van der Waals surface area contributed by atoms with E-state index in [-0.39, 0.29) is 5.60 Å². The van der Waals surface area contributed by atoms with Gasteiger partial charge in [-0.3, -0.25) is 0 Å². The molecule has 0 aromatic rings. The van der Waals surface area contributed by atoms with Gasteiger partial charge in [-0.25, -0.2) is 0 Å². The van der Waals surface area contributed by atoms with E-state index in [1.165, 1.54) is 19.3 Å². The fraction of sp³-hybridized carbons (Fsp3) is 0.867. The minimum absolute atomic E-state index is 0.221. The van der Waals surface area contributed by atoms with Crippen LogP contribution >= 0.6 is 0 Å². The molecule has 0 saturated carbocycles. The molecule has 2 saturated heterocycles. The Hall–Kier alpha value is -0.300. The molecule has 3 aliphatic rings. The predicted molar refractivity (Wildman–Crippen MR) is 66.2 cm³/mol. The highest BCUT2D eigenvalue weighted by molar-refractivity contribution is 5.22. The molecule has 1 aliphatic carbocycles. The van der Waals surface area contributed by atoms with Gasteiger partial charge in [0, 0.05) is 5.92 Å². The summed E-state index contributed by atoms with van der Waals surface area (Å²) < 4.78 is 6.45. The van der Waals surface area contributed by atoms with Crippen molar-refractivity contribution in [2.45, 2.75) is 58.7 Å². The van der Waals surface area contributed by atoms with E-state index in [1.54, 1.807) is 5.57 Å². The summed E-state index contributed by atoms with van der Waals surface area (Å²) in [6.07, 6.45) is 6.90. The minimum Gasteiger partial charge on any atom is -0.371 e. The van der Waals surface area contributed by atoms with Crippen LogP contribution in [0.5, 0.6) is 0 Å². The number of hydrogen-bond donors (Lipinski definition) is 0. The van der Waals surface area contributed by atoms with Crippen LogP contribution in [0.4, 0.5) is 0 Å². The molecule has 16 heavy (non-hydrogen) atoms. The van der Waals surface area contributed by atoms with Gasteiger partial charge in [-0.15, -0.1) is 0 Å². The molecular formula is C15H24O. The topological polar surface area (TPSA) is 9.23 Å². The molecule has 0 aromatic heterocycles. The van der Waals surface area contributed by atoms with Crippen LogP contribution in [-0.2, 0) is 4.74 Å². The Morgan fingerprint density at radius 3 is 2.88 bits per heavy atom. The lowest BCUT2D eigenvalue weighted by Gasteiger charge is -2.43. The Labute approximate surface area is 99.3 Å². The summed E-state index contributed by atoms with van der Waals surface area (Å²) >= 11 is 0. The maximum atomic E-state index is 6.45. The maximum absolute atomic E-state index is 6.45. The molecule has 0 N–H and O–H groups in total. The van der Waals surface area contributed by atoms with Crippen molar-refractivity contribution in [1.29, 1.82) is 0 Å². The second-order valence-corrected chi connectivity index (χ2v) is 6.61. The van der Waals surface area contributed by atoms with Crippen LogP contribution < -0.4 is 0 Å². The zero-order valence-electron chi connectivity index (χ0n) is 11.0. The van der Waals surface area contributed by atoms with Crippen LogP contribution in [0.25, 0.3) is 0 Å². The normalized spacial score (nSPS) is 50.7. The van der Waals surface area contributed by atoms with Crippen molar-refractivity contribution >= 4 is 0 Å². The summed E-state index contributed by atoms with van der Waals surface area (Å²) in [6, 6.07) is 0. The summed E-state index contributed by atoms with van der Waals surface area (Å²) in [6.45, 7) is 9.43. The summed E-state index contributed by atoms with van der Waals surface area (Å²) in [7, 11) is 0. The van der Waals surface area contributed by atoms with Crippen molar-refractivity contribution in [1.82, 2.24) is 0 Å². The Morgan fingerprint density at radius 1 is 1.44 bits per heavy atom. The van der Waals surface area contributed by atoms with Crippen LogP contribution in [0.1, 0.15) is 47.0 Å². The third kappa shape index (κ3) is 1.21. The quantitative estimate of drug-likeness (QED) is 0.611. The lowest BCUT2D eigenvalue weighted by Crippen LogP contribution is -2.45. The van der Waals surface area contributed by atoms with E-state index in [0.29, 0.717) is 12.0 Å². The van der Waals surface area contributed by atoms with E-state index < -0.39 is 0 Å². The highest BCUT2D eigenvalue weighted by Gasteiger charge is 2.62. The minimum atomic E-state index is 0.221. The summed E-state index contributed by atoms with van der Waals surface area (Å²) in [5.74, 6) is 3.00. The molecule has 3 rings (SSSR count). The van der Waals surface area contributed by atoms with E-state index in [4.69, 9.17) is 4.74 Å². The molecule has 1 nitrogen and oxygen atoms in total. The second-order valence-electron chi connectivity index (χ2n) is 6.61. The number of hydrogen-bond acceptors (Lipinski definition) is 1. The molecule has 2 fully saturated rings. The zero-order chi connectivity index (χ0) is 11.5. The molecule has 0 amide bonds. The van der Waals surface area contributed by atoms with Crippen LogP contribution in [-0.4, -0.2) is 11.7 Å². The van der Waals surface area contributed by atoms with Gasteiger partial charge in [-0.2, -0.15) is 0 Å². The smallest absolute Gasteiger partial charge is 0.0781 e. The fourth-order valence-electron chi connectivity index (χ4n) is 4.54. The first-order chi connectivity index (χ1) is 7.54. The molecule has 1 heteroatoms. The average Bonchev–Trinajstić information content (AvgIpc) is 2.67. The first-order valence-electron chi connectivity index (χ1n) is 6.89. The molecule has 0 radical (unpaired) electrons. The number of rotatable bonds is 1. The van der Waals surface area contributed by atoms with Gasteiger partial charge in [0.25, 0.3) is 0 Å². The predicted octanol–water partition coefficient (Wildman–Crippen LogP) is 3.79. The summed E-state index contributed by atoms with van der Waals surface area (Å²) in [5.41, 5.74) is 1.81. The zero-order valence-corrected chi connectivity index (χ0v) is 11.0. The molecule has 2 heterocycles. The van der Waals surface area contributed by atoms with E-state index >= 15 is 0 Å². The van der Waals surface area contributed by atoms with Crippen molar-refractivity contribution < 1.29 is 4.74 Å². The third-order valence-corrected chi connectivity index (χ3v) is 5.34. The maximum Gasteiger partial charge on any atom is 0.0781 e. The monoisotopic (exact) mass is 220 g/mol. The van der Waals surface area contributed by atoms with Crippen molar-refractivity contribution in [3.05, 3.63) is 11.6 Å². The average molecular weight is 220 g/mol. The van der Waals surface area contributed by atoms with Crippen LogP contribution in [0.15, 0.2) is 11.6 Å². The van der Waals surface area contributed by atoms with Crippen LogP contribution in [0.3, 0.4) is 0 Å². The number of allylic oxidation sites excluding steroid dienone is 1. The highest BCUT2D eigenvalue weighted by atomic mass is 16.5. The lowest BCUT2D eigenvalue weighted by atomic mass is 9.60. The SMILES string of the molecule is CC1=CC2C(C(C)C)C3CC(C)C2(CC1)O3. The van der Waals surface area contributed by atoms with E-state index in [1.807, 2.05) is 0 Å². The molecule has 0 aromatic carbocycles. The standard InChI is InChI=1S/C15H24O/c1-9(2)14-12-7-10(3)5-6-15(12)11(4)8-13(14)16-15/h7,9,11-14H,5-6,8H2,1-4H3. The summed E-state index contributed by atoms with van der Waals surface area (Å²) in [4.78, 5) is 0. The molecule has 5 unspecified atom stereocenters. The third-order valence-electron chi connectivity index (χ3n) is 5.34. The van der Waals surface area contributed by atoms with Gasteiger partial charge < -0.3 is 4.74 Å². The van der Waals surface area contributed by atoms with Crippen LogP contribution in [0, 0.1) is 23.7 Å². The van der Waals surface area contributed by atoms with Crippen molar-refractivity contribution in [2.24, 2.45) is 23.7 Å². The van der Waals surface area contributed by atoms with Crippen molar-refractivity contribution in [3.8, 4) is 0 Å².